The van der Waals surface area contributed by atoms with Gasteiger partial charge in [-0.1, -0.05) is 30.3 Å². The van der Waals surface area contributed by atoms with Gasteiger partial charge in [0.05, 0.1) is 4.90 Å². The van der Waals surface area contributed by atoms with Crippen LogP contribution in [0.3, 0.4) is 0 Å². The van der Waals surface area contributed by atoms with Crippen molar-refractivity contribution in [1.29, 1.82) is 0 Å². The number of halogens is 1. The molecule has 0 bridgehead atoms. The first-order valence-corrected chi connectivity index (χ1v) is 7.42. The molecule has 82 valence electrons. The van der Waals surface area contributed by atoms with Gasteiger partial charge in [-0.15, -0.1) is 11.8 Å². The molecule has 2 nitrogen and oxygen atoms in total. The highest BCUT2D eigenvalue weighted by Gasteiger charge is 2.12. The molecule has 0 saturated carbocycles. The fraction of sp³-hybridized carbons (Fsp3) is 0.200. The summed E-state index contributed by atoms with van der Waals surface area (Å²) in [5, 5.41) is 0.503. The molecule has 0 saturated heterocycles. The van der Waals surface area contributed by atoms with E-state index in [-0.39, 0.29) is 0 Å². The van der Waals surface area contributed by atoms with Crippen molar-refractivity contribution in [1.82, 2.24) is 0 Å². The lowest BCUT2D eigenvalue weighted by molar-refractivity contribution is 0.600. The quantitative estimate of drug-likeness (QED) is 0.783. The Bertz CT molecular complexity index is 466. The molecule has 0 fully saturated rings. The van der Waals surface area contributed by atoms with E-state index in [0.717, 1.165) is 0 Å². The first-order chi connectivity index (χ1) is 6.91. The van der Waals surface area contributed by atoms with Crippen LogP contribution in [0.25, 0.3) is 0 Å². The highest BCUT2D eigenvalue weighted by molar-refractivity contribution is 8.00. The van der Waals surface area contributed by atoms with Crippen molar-refractivity contribution in [3.8, 4) is 0 Å². The molecule has 0 spiro atoms. The van der Waals surface area contributed by atoms with Crippen LogP contribution in [0.4, 0.5) is 0 Å². The Morgan fingerprint density at radius 2 is 2.07 bits per heavy atom. The van der Waals surface area contributed by atoms with Gasteiger partial charge >= 0.3 is 0 Å². The summed E-state index contributed by atoms with van der Waals surface area (Å²) >= 11 is 7.00. The van der Waals surface area contributed by atoms with Gasteiger partial charge in [0.25, 0.3) is 0 Å². The van der Waals surface area contributed by atoms with Gasteiger partial charge in [0.2, 0.25) is 0 Å². The molecule has 0 N–H and O–H groups in total. The molecule has 0 aromatic heterocycles. The van der Waals surface area contributed by atoms with E-state index in [1.54, 1.807) is 24.3 Å². The van der Waals surface area contributed by atoms with Gasteiger partial charge in [-0.3, -0.25) is 0 Å². The Kier molecular flexibility index (Phi) is 4.25. The van der Waals surface area contributed by atoms with Crippen LogP contribution in [0.15, 0.2) is 45.7 Å². The van der Waals surface area contributed by atoms with Gasteiger partial charge < -0.3 is 0 Å². The lowest BCUT2D eigenvalue weighted by Gasteiger charge is -2.06. The lowest BCUT2D eigenvalue weighted by Crippen LogP contribution is -1.99. The monoisotopic (exact) mass is 262 g/mol. The highest BCUT2D eigenvalue weighted by Crippen LogP contribution is 2.27. The minimum atomic E-state index is -3.17. The van der Waals surface area contributed by atoms with E-state index in [1.807, 2.05) is 0 Å². The van der Waals surface area contributed by atoms with Gasteiger partial charge in [-0.25, -0.2) is 8.42 Å². The first kappa shape index (κ1) is 12.6. The summed E-state index contributed by atoms with van der Waals surface area (Å²) in [7, 11) is -3.17. The summed E-state index contributed by atoms with van der Waals surface area (Å²) < 4.78 is 22.9. The second kappa shape index (κ2) is 5.05. The summed E-state index contributed by atoms with van der Waals surface area (Å²) in [5.74, 6) is 0.508. The lowest BCUT2D eigenvalue weighted by atomic mass is 10.4. The van der Waals surface area contributed by atoms with Gasteiger partial charge in [-0.2, -0.15) is 0 Å². The summed E-state index contributed by atoms with van der Waals surface area (Å²) in [5.41, 5.74) is 0. The van der Waals surface area contributed by atoms with Crippen LogP contribution >= 0.6 is 23.4 Å². The summed E-state index contributed by atoms with van der Waals surface area (Å²) in [6.45, 7) is 3.56. The van der Waals surface area contributed by atoms with Crippen LogP contribution in [0.5, 0.6) is 0 Å². The Morgan fingerprint density at radius 3 is 2.60 bits per heavy atom. The zero-order valence-electron chi connectivity index (χ0n) is 8.23. The summed E-state index contributed by atoms with van der Waals surface area (Å²) in [6, 6.07) is 6.86. The molecule has 0 heterocycles. The molecule has 15 heavy (non-hydrogen) atoms. The van der Waals surface area contributed by atoms with Gasteiger partial charge in [0.1, 0.15) is 0 Å². The maximum absolute atomic E-state index is 11.4. The minimum Gasteiger partial charge on any atom is -0.224 e. The second-order valence-electron chi connectivity index (χ2n) is 3.02. The van der Waals surface area contributed by atoms with Crippen LogP contribution in [0.2, 0.25) is 0 Å². The predicted octanol–water partition coefficient (Wildman–Crippen LogP) is 2.93. The summed E-state index contributed by atoms with van der Waals surface area (Å²) in [6.07, 6.45) is 1.20. The number of benzene rings is 1. The SMILES string of the molecule is C=C(Cl)CSc1ccccc1S(C)(=O)=O. The van der Waals surface area contributed by atoms with Crippen LogP contribution in [0, 0.1) is 0 Å². The molecular formula is C10H11ClO2S2. The molecule has 5 heteroatoms. The Hall–Kier alpha value is -0.450. The van der Waals surface area contributed by atoms with Gasteiger partial charge in [0.15, 0.2) is 9.84 Å². The van der Waals surface area contributed by atoms with E-state index in [0.29, 0.717) is 20.6 Å². The molecule has 0 unspecified atom stereocenters. The highest BCUT2D eigenvalue weighted by atomic mass is 35.5. The molecule has 0 atom stereocenters. The number of thioether (sulfide) groups is 1. The fourth-order valence-electron chi connectivity index (χ4n) is 1.03. The van der Waals surface area contributed by atoms with Crippen molar-refractivity contribution in [3.63, 3.8) is 0 Å². The fourth-order valence-corrected chi connectivity index (χ4v) is 3.28. The molecule has 0 aliphatic rings. The normalized spacial score (nSPS) is 11.3. The number of hydrogen-bond donors (Lipinski definition) is 0. The maximum atomic E-state index is 11.4. The van der Waals surface area contributed by atoms with Gasteiger partial charge in [0, 0.05) is 21.9 Å². The maximum Gasteiger partial charge on any atom is 0.176 e. The zero-order chi connectivity index (χ0) is 11.5. The number of sulfone groups is 1. The van der Waals surface area contributed by atoms with E-state index in [1.165, 1.54) is 18.0 Å². The molecule has 1 aromatic rings. The second-order valence-corrected chi connectivity index (χ2v) is 6.56. The third kappa shape index (κ3) is 3.89. The molecule has 0 aliphatic carbocycles. The van der Waals surface area contributed by atoms with E-state index >= 15 is 0 Å². The third-order valence-electron chi connectivity index (χ3n) is 1.63. The van der Waals surface area contributed by atoms with Crippen molar-refractivity contribution < 1.29 is 8.42 Å². The largest absolute Gasteiger partial charge is 0.224 e. The van der Waals surface area contributed by atoms with E-state index < -0.39 is 9.84 Å². The molecule has 0 aliphatic heterocycles. The average Bonchev–Trinajstić information content (AvgIpc) is 2.13. The number of rotatable bonds is 4. The van der Waals surface area contributed by atoms with E-state index in [2.05, 4.69) is 6.58 Å². The topological polar surface area (TPSA) is 34.1 Å². The van der Waals surface area contributed by atoms with Crippen molar-refractivity contribution in [2.75, 3.05) is 12.0 Å². The molecule has 1 rings (SSSR count). The van der Waals surface area contributed by atoms with Crippen molar-refractivity contribution in [2.45, 2.75) is 9.79 Å². The molecule has 0 amide bonds. The van der Waals surface area contributed by atoms with Crippen molar-refractivity contribution >= 4 is 33.2 Å². The smallest absolute Gasteiger partial charge is 0.176 e. The predicted molar refractivity (Wildman–Crippen MR) is 65.3 cm³/mol. The molecular weight excluding hydrogens is 252 g/mol. The van der Waals surface area contributed by atoms with Crippen molar-refractivity contribution in [3.05, 3.63) is 35.9 Å². The van der Waals surface area contributed by atoms with Crippen molar-refractivity contribution in [2.24, 2.45) is 0 Å². The molecule has 0 radical (unpaired) electrons. The Morgan fingerprint density at radius 1 is 1.47 bits per heavy atom. The van der Waals surface area contributed by atoms with E-state index in [9.17, 15) is 8.42 Å². The Balaban J connectivity index is 3.02. The van der Waals surface area contributed by atoms with Crippen LogP contribution in [-0.4, -0.2) is 20.4 Å². The molecule has 1 aromatic carbocycles. The summed E-state index contributed by atoms with van der Waals surface area (Å²) in [4.78, 5) is 1.05. The third-order valence-corrected chi connectivity index (χ3v) is 4.37. The van der Waals surface area contributed by atoms with E-state index in [4.69, 9.17) is 11.6 Å². The minimum absolute atomic E-state index is 0.341. The standard InChI is InChI=1S/C10H11ClO2S2/c1-8(11)7-14-9-5-3-4-6-10(9)15(2,12)13/h3-6H,1,7H2,2H3. The Labute approximate surface area is 99.3 Å². The van der Waals surface area contributed by atoms with Crippen LogP contribution in [-0.2, 0) is 9.84 Å². The van der Waals surface area contributed by atoms with Crippen LogP contribution in [0.1, 0.15) is 0 Å². The first-order valence-electron chi connectivity index (χ1n) is 4.16. The zero-order valence-corrected chi connectivity index (χ0v) is 10.6. The van der Waals surface area contributed by atoms with Gasteiger partial charge in [-0.05, 0) is 12.1 Å². The van der Waals surface area contributed by atoms with Crippen LogP contribution < -0.4 is 0 Å². The number of hydrogen-bond acceptors (Lipinski definition) is 3. The average molecular weight is 263 g/mol.